The number of nitrogens with one attached hydrogen (secondary N) is 2. The van der Waals surface area contributed by atoms with Gasteiger partial charge in [0, 0.05) is 31.4 Å². The van der Waals surface area contributed by atoms with Gasteiger partial charge in [-0.1, -0.05) is 90.2 Å². The van der Waals surface area contributed by atoms with Crippen molar-refractivity contribution in [3.8, 4) is 5.75 Å². The molecule has 0 aromatic heterocycles. The van der Waals surface area contributed by atoms with Crippen molar-refractivity contribution in [2.24, 2.45) is 5.92 Å². The lowest BCUT2D eigenvalue weighted by Gasteiger charge is -2.23. The molecule has 0 fully saturated rings. The second-order valence-electron chi connectivity index (χ2n) is 11.3. The van der Waals surface area contributed by atoms with Gasteiger partial charge in [-0.25, -0.2) is 8.42 Å². The number of aliphatic hydroxyl groups excluding tert-OH is 1. The summed E-state index contributed by atoms with van der Waals surface area (Å²) < 4.78 is 35.3. The largest absolute Gasteiger partial charge is 0.494 e. The molecule has 0 aliphatic rings. The highest BCUT2D eigenvalue weighted by atomic mass is 32.2. The number of anilines is 2. The van der Waals surface area contributed by atoms with Gasteiger partial charge in [-0.3, -0.25) is 9.52 Å². The van der Waals surface area contributed by atoms with E-state index in [0.29, 0.717) is 31.3 Å². The maximum Gasteiger partial charge on any atom is 0.262 e. The van der Waals surface area contributed by atoms with Gasteiger partial charge in [-0.2, -0.15) is 0 Å². The van der Waals surface area contributed by atoms with Crippen molar-refractivity contribution < 1.29 is 23.1 Å². The summed E-state index contributed by atoms with van der Waals surface area (Å²) in [6.07, 6.45) is 14.3. The normalized spacial score (nSPS) is 12.1. The molecule has 43 heavy (non-hydrogen) atoms. The van der Waals surface area contributed by atoms with Gasteiger partial charge in [0.15, 0.2) is 0 Å². The Morgan fingerprint density at radius 3 is 2.16 bits per heavy atom. The molecule has 0 saturated carbocycles. The first-order valence-corrected chi connectivity index (χ1v) is 17.7. The number of nitrogens with zero attached hydrogens (tertiary/aromatic N) is 1. The second kappa shape index (κ2) is 20.2. The van der Waals surface area contributed by atoms with Crippen LogP contribution in [0.2, 0.25) is 0 Å². The molecule has 3 N–H and O–H groups in total. The molecule has 0 radical (unpaired) electrons. The van der Waals surface area contributed by atoms with E-state index < -0.39 is 10.0 Å². The van der Waals surface area contributed by atoms with Gasteiger partial charge in [0.2, 0.25) is 0 Å². The Kier molecular flexibility index (Phi) is 17.1. The predicted molar refractivity (Wildman–Crippen MR) is 178 cm³/mol. The fraction of sp³-hybridized carbons (Fsp3) is 0.618. The summed E-state index contributed by atoms with van der Waals surface area (Å²) in [6.45, 7) is 8.08. The molecule has 0 bridgehead atoms. The van der Waals surface area contributed by atoms with Crippen molar-refractivity contribution in [2.45, 2.75) is 103 Å². The molecular weight excluding hydrogens is 562 g/mol. The van der Waals surface area contributed by atoms with Gasteiger partial charge < -0.3 is 20.1 Å². The first kappa shape index (κ1) is 36.4. The van der Waals surface area contributed by atoms with Crippen LogP contribution < -0.4 is 19.7 Å². The number of sulfonamides is 1. The monoisotopic (exact) mass is 617 g/mol. The van der Waals surface area contributed by atoms with E-state index in [0.717, 1.165) is 31.4 Å². The van der Waals surface area contributed by atoms with Crippen molar-refractivity contribution in [1.29, 1.82) is 0 Å². The van der Waals surface area contributed by atoms with Gasteiger partial charge in [0.1, 0.15) is 10.6 Å². The Bertz CT molecular complexity index is 1190. The molecule has 1 atom stereocenters. The zero-order valence-corrected chi connectivity index (χ0v) is 27.7. The summed E-state index contributed by atoms with van der Waals surface area (Å²) in [5.41, 5.74) is 1.20. The van der Waals surface area contributed by atoms with Gasteiger partial charge in [-0.05, 0) is 49.9 Å². The Labute approximate surface area is 260 Å². The number of hydrogen-bond acceptors (Lipinski definition) is 6. The molecule has 0 aliphatic carbocycles. The van der Waals surface area contributed by atoms with Crippen molar-refractivity contribution in [3.63, 3.8) is 0 Å². The minimum absolute atomic E-state index is 0.00202. The van der Waals surface area contributed by atoms with Gasteiger partial charge in [0.05, 0.1) is 25.0 Å². The van der Waals surface area contributed by atoms with Gasteiger partial charge >= 0.3 is 0 Å². The molecule has 0 aliphatic heterocycles. The minimum Gasteiger partial charge on any atom is -0.494 e. The van der Waals surface area contributed by atoms with E-state index in [1.807, 2.05) is 11.8 Å². The van der Waals surface area contributed by atoms with Crippen LogP contribution in [0.1, 0.15) is 108 Å². The highest BCUT2D eigenvalue weighted by molar-refractivity contribution is 7.92. The maximum atomic E-state index is 13.6. The van der Waals surface area contributed by atoms with Crippen LogP contribution in [0.5, 0.6) is 5.75 Å². The summed E-state index contributed by atoms with van der Waals surface area (Å²) in [6, 6.07) is 11.5. The molecule has 1 unspecified atom stereocenters. The Balaban J connectivity index is 2.14. The lowest BCUT2D eigenvalue weighted by atomic mass is 9.94. The number of unbranched alkanes of at least 4 members (excludes halogenated alkanes) is 8. The first-order chi connectivity index (χ1) is 20.8. The number of carbonyl (C=O) groups is 1. The van der Waals surface area contributed by atoms with Crippen LogP contribution in [0.25, 0.3) is 0 Å². The summed E-state index contributed by atoms with van der Waals surface area (Å²) >= 11 is 0. The van der Waals surface area contributed by atoms with E-state index in [1.165, 1.54) is 64.5 Å². The maximum absolute atomic E-state index is 13.6. The zero-order chi connectivity index (χ0) is 31.5. The molecule has 8 nitrogen and oxygen atoms in total. The number of carbonyl (C=O) groups excluding carboxylic acids is 1. The number of rotatable bonds is 23. The number of amides is 1. The van der Waals surface area contributed by atoms with Crippen LogP contribution in [-0.4, -0.2) is 52.8 Å². The predicted octanol–water partition coefficient (Wildman–Crippen LogP) is 7.38. The third kappa shape index (κ3) is 12.4. The Morgan fingerprint density at radius 2 is 1.53 bits per heavy atom. The van der Waals surface area contributed by atoms with Crippen molar-refractivity contribution in [1.82, 2.24) is 5.32 Å². The van der Waals surface area contributed by atoms with Crippen molar-refractivity contribution in [3.05, 3.63) is 48.0 Å². The molecule has 0 heterocycles. The SMILES string of the molecule is CCCCCCCCC(CCCCCC)CNC(=O)c1ccccc1S(=O)(=O)Nc1ccc(N(CC)CCO)cc1OC. The number of aliphatic hydroxyl groups is 1. The Morgan fingerprint density at radius 1 is 0.907 bits per heavy atom. The van der Waals surface area contributed by atoms with E-state index in [1.54, 1.807) is 36.4 Å². The summed E-state index contributed by atoms with van der Waals surface area (Å²) in [5.74, 6) is 0.345. The van der Waals surface area contributed by atoms with E-state index in [4.69, 9.17) is 4.74 Å². The number of benzene rings is 2. The number of likely N-dealkylation sites (N-methyl/N-ethyl adjacent to an activating group) is 1. The van der Waals surface area contributed by atoms with Crippen molar-refractivity contribution in [2.75, 3.05) is 43.0 Å². The third-order valence-electron chi connectivity index (χ3n) is 7.95. The number of ether oxygens (including phenoxy) is 1. The summed E-state index contributed by atoms with van der Waals surface area (Å²) in [7, 11) is -2.62. The van der Waals surface area contributed by atoms with E-state index in [-0.39, 0.29) is 28.7 Å². The smallest absolute Gasteiger partial charge is 0.262 e. The quantitative estimate of drug-likeness (QED) is 0.112. The Hall–Kier alpha value is -2.78. The molecule has 9 heteroatoms. The molecule has 2 rings (SSSR count). The van der Waals surface area contributed by atoms with Gasteiger partial charge in [0.25, 0.3) is 15.9 Å². The summed E-state index contributed by atoms with van der Waals surface area (Å²) in [4.78, 5) is 15.3. The standard InChI is InChI=1S/C34H55N3O5S/c1-5-8-10-12-13-15-19-28(18-14-11-9-6-2)27-35-34(39)30-20-16-17-21-33(30)43(40,41)36-31-23-22-29(26-32(31)42-4)37(7-3)24-25-38/h16-17,20-23,26,28,36,38H,5-15,18-19,24-25,27H2,1-4H3,(H,35,39). The van der Waals surface area contributed by atoms with Crippen LogP contribution in [0.3, 0.4) is 0 Å². The fourth-order valence-corrected chi connectivity index (χ4v) is 6.67. The topological polar surface area (TPSA) is 108 Å². The number of methoxy groups -OCH3 is 1. The van der Waals surface area contributed by atoms with Crippen molar-refractivity contribution >= 4 is 27.3 Å². The molecule has 2 aromatic rings. The van der Waals surface area contributed by atoms with Crippen LogP contribution >= 0.6 is 0 Å². The third-order valence-corrected chi connectivity index (χ3v) is 9.37. The molecule has 0 saturated heterocycles. The lowest BCUT2D eigenvalue weighted by molar-refractivity contribution is 0.0941. The number of hydrogen-bond donors (Lipinski definition) is 3. The molecule has 0 spiro atoms. The molecular formula is C34H55N3O5S. The van der Waals surface area contributed by atoms with Crippen LogP contribution in [-0.2, 0) is 10.0 Å². The average Bonchev–Trinajstić information content (AvgIpc) is 3.01. The summed E-state index contributed by atoms with van der Waals surface area (Å²) in [5, 5.41) is 12.4. The lowest BCUT2D eigenvalue weighted by Crippen LogP contribution is -2.31. The van der Waals surface area contributed by atoms with Crippen LogP contribution in [0.15, 0.2) is 47.4 Å². The molecule has 2 aromatic carbocycles. The van der Waals surface area contributed by atoms with Gasteiger partial charge in [-0.15, -0.1) is 0 Å². The average molecular weight is 618 g/mol. The fourth-order valence-electron chi connectivity index (χ4n) is 5.39. The van der Waals surface area contributed by atoms with E-state index in [9.17, 15) is 18.3 Å². The van der Waals surface area contributed by atoms with Crippen LogP contribution in [0, 0.1) is 5.92 Å². The molecule has 242 valence electrons. The van der Waals surface area contributed by atoms with E-state index >= 15 is 0 Å². The highest BCUT2D eigenvalue weighted by Gasteiger charge is 2.24. The second-order valence-corrected chi connectivity index (χ2v) is 12.9. The zero-order valence-electron chi connectivity index (χ0n) is 26.9. The highest BCUT2D eigenvalue weighted by Crippen LogP contribution is 2.32. The first-order valence-electron chi connectivity index (χ1n) is 16.2. The van der Waals surface area contributed by atoms with Crippen LogP contribution in [0.4, 0.5) is 11.4 Å². The minimum atomic E-state index is -4.10. The molecule has 1 amide bonds. The van der Waals surface area contributed by atoms with E-state index in [2.05, 4.69) is 23.9 Å².